The van der Waals surface area contributed by atoms with E-state index in [4.69, 9.17) is 0 Å². The van der Waals surface area contributed by atoms with Gasteiger partial charge in [0.05, 0.1) is 11.1 Å². The molecule has 0 saturated heterocycles. The lowest BCUT2D eigenvalue weighted by Gasteiger charge is -2.58. The smallest absolute Gasteiger partial charge is 0.0657 e. The molecular weight excluding hydrogens is 284 g/mol. The maximum Gasteiger partial charge on any atom is 0.0657 e. The Kier molecular flexibility index (Phi) is 3.79. The maximum absolute atomic E-state index is 10.7. The highest BCUT2D eigenvalue weighted by Crippen LogP contribution is 2.55. The highest BCUT2D eigenvalue weighted by Gasteiger charge is 2.54. The largest absolute Gasteiger partial charge is 0.390 e. The van der Waals surface area contributed by atoms with Gasteiger partial charge >= 0.3 is 0 Å². The predicted octanol–water partition coefficient (Wildman–Crippen LogP) is 2.65. The molecule has 3 atom stereocenters. The lowest BCUT2D eigenvalue weighted by Crippen LogP contribution is -2.62. The normalized spacial score (nSPS) is 41.0. The molecular formula is C20H30N2O. The number of rotatable bonds is 5. The zero-order valence-corrected chi connectivity index (χ0v) is 14.4. The van der Waals surface area contributed by atoms with Crippen LogP contribution in [0.4, 0.5) is 0 Å². The van der Waals surface area contributed by atoms with Gasteiger partial charge in [0.25, 0.3) is 0 Å². The van der Waals surface area contributed by atoms with Crippen LogP contribution in [0.15, 0.2) is 30.3 Å². The van der Waals surface area contributed by atoms with Crippen LogP contribution in [0.1, 0.15) is 44.6 Å². The fourth-order valence-corrected chi connectivity index (χ4v) is 5.78. The van der Waals surface area contributed by atoms with Gasteiger partial charge in [-0.1, -0.05) is 30.3 Å². The van der Waals surface area contributed by atoms with Crippen molar-refractivity contribution in [3.05, 3.63) is 35.9 Å². The Morgan fingerprint density at radius 2 is 1.78 bits per heavy atom. The van der Waals surface area contributed by atoms with Gasteiger partial charge in [-0.15, -0.1) is 0 Å². The van der Waals surface area contributed by atoms with Crippen LogP contribution in [0, 0.1) is 17.8 Å². The molecule has 1 aromatic rings. The van der Waals surface area contributed by atoms with Crippen LogP contribution in [0.3, 0.4) is 0 Å². The zero-order valence-electron chi connectivity index (χ0n) is 14.4. The van der Waals surface area contributed by atoms with E-state index in [0.29, 0.717) is 17.9 Å². The number of benzene rings is 1. The van der Waals surface area contributed by atoms with Crippen molar-refractivity contribution < 1.29 is 5.11 Å². The summed E-state index contributed by atoms with van der Waals surface area (Å²) in [5.41, 5.74) is 0.949. The van der Waals surface area contributed by atoms with E-state index in [9.17, 15) is 5.11 Å². The zero-order chi connectivity index (χ0) is 16.1. The van der Waals surface area contributed by atoms with Gasteiger partial charge < -0.3 is 15.7 Å². The molecule has 0 heterocycles. The van der Waals surface area contributed by atoms with Gasteiger partial charge in [0.2, 0.25) is 0 Å². The minimum atomic E-state index is -0.333. The van der Waals surface area contributed by atoms with Crippen molar-refractivity contribution >= 4 is 0 Å². The van der Waals surface area contributed by atoms with Crippen molar-refractivity contribution in [3.63, 3.8) is 0 Å². The van der Waals surface area contributed by atoms with E-state index in [0.717, 1.165) is 31.7 Å². The fraction of sp³-hybridized carbons (Fsp3) is 0.700. The van der Waals surface area contributed by atoms with Crippen LogP contribution < -0.4 is 10.6 Å². The monoisotopic (exact) mass is 314 g/mol. The summed E-state index contributed by atoms with van der Waals surface area (Å²) < 4.78 is 0. The van der Waals surface area contributed by atoms with Crippen molar-refractivity contribution in [2.45, 2.75) is 56.2 Å². The molecule has 1 aromatic carbocycles. The molecule has 0 aromatic heterocycles. The molecule has 23 heavy (non-hydrogen) atoms. The molecule has 4 aliphatic carbocycles. The number of hydrogen-bond acceptors (Lipinski definition) is 3. The molecule has 0 amide bonds. The minimum Gasteiger partial charge on any atom is -0.390 e. The molecule has 4 aliphatic rings. The second kappa shape index (κ2) is 5.58. The van der Waals surface area contributed by atoms with E-state index in [2.05, 4.69) is 47.9 Å². The number of hydrogen-bond donors (Lipinski definition) is 3. The third-order valence-corrected chi connectivity index (χ3v) is 6.89. The van der Waals surface area contributed by atoms with Crippen LogP contribution in [-0.2, 0) is 5.54 Å². The number of likely N-dealkylation sites (N-methyl/N-ethyl adjacent to an activating group) is 1. The van der Waals surface area contributed by atoms with Crippen molar-refractivity contribution in [1.29, 1.82) is 0 Å². The summed E-state index contributed by atoms with van der Waals surface area (Å²) in [5, 5.41) is 18.1. The molecule has 126 valence electrons. The highest BCUT2D eigenvalue weighted by atomic mass is 16.3. The maximum atomic E-state index is 10.7. The molecule has 4 fully saturated rings. The Morgan fingerprint density at radius 1 is 1.13 bits per heavy atom. The molecule has 3 heteroatoms. The second-order valence-electron chi connectivity index (χ2n) is 8.55. The van der Waals surface area contributed by atoms with E-state index >= 15 is 0 Å². The van der Waals surface area contributed by atoms with Gasteiger partial charge in [-0.3, -0.25) is 0 Å². The summed E-state index contributed by atoms with van der Waals surface area (Å²) in [4.78, 5) is 0. The standard InChI is InChI=1S/C20H30N2O/c1-19(21-2,17-6-4-3-5-7-17)13-22-18-15-8-14-9-16(18)12-20(23,10-14)11-15/h3-7,14-16,18,21-23H,8-13H2,1-2H3. The number of aliphatic hydroxyl groups is 1. The third kappa shape index (κ3) is 2.73. The average Bonchev–Trinajstić information content (AvgIpc) is 2.53. The first-order valence-electron chi connectivity index (χ1n) is 9.22. The molecule has 3 nitrogen and oxygen atoms in total. The SMILES string of the molecule is CNC(C)(CNC1C2CC3CC1CC(O)(C3)C2)c1ccccc1. The van der Waals surface area contributed by atoms with Crippen molar-refractivity contribution in [2.75, 3.05) is 13.6 Å². The first kappa shape index (κ1) is 15.6. The Labute approximate surface area is 139 Å². The summed E-state index contributed by atoms with van der Waals surface area (Å²) in [6.45, 7) is 3.22. The van der Waals surface area contributed by atoms with Crippen LogP contribution in [-0.4, -0.2) is 30.3 Å². The predicted molar refractivity (Wildman–Crippen MR) is 93.1 cm³/mol. The highest BCUT2D eigenvalue weighted by molar-refractivity contribution is 5.24. The molecule has 5 rings (SSSR count). The first-order chi connectivity index (χ1) is 11.0. The second-order valence-corrected chi connectivity index (χ2v) is 8.55. The summed E-state index contributed by atoms with van der Waals surface area (Å²) in [6, 6.07) is 11.3. The average molecular weight is 314 g/mol. The van der Waals surface area contributed by atoms with Crippen LogP contribution in [0.25, 0.3) is 0 Å². The molecule has 4 saturated carbocycles. The Morgan fingerprint density at radius 3 is 2.35 bits per heavy atom. The molecule has 0 radical (unpaired) electrons. The Bertz CT molecular complexity index is 544. The molecule has 0 aliphatic heterocycles. The van der Waals surface area contributed by atoms with Gasteiger partial charge in [0, 0.05) is 12.6 Å². The Hall–Kier alpha value is -0.900. The first-order valence-corrected chi connectivity index (χ1v) is 9.22. The van der Waals surface area contributed by atoms with Crippen LogP contribution >= 0.6 is 0 Å². The van der Waals surface area contributed by atoms with E-state index in [1.807, 2.05) is 7.05 Å². The van der Waals surface area contributed by atoms with Crippen molar-refractivity contribution in [1.82, 2.24) is 10.6 Å². The quantitative estimate of drug-likeness (QED) is 0.783. The lowest BCUT2D eigenvalue weighted by atomic mass is 9.52. The summed E-state index contributed by atoms with van der Waals surface area (Å²) in [7, 11) is 2.05. The van der Waals surface area contributed by atoms with Gasteiger partial charge in [-0.05, 0) is 69.4 Å². The molecule has 3 unspecified atom stereocenters. The van der Waals surface area contributed by atoms with Crippen molar-refractivity contribution in [2.24, 2.45) is 17.8 Å². The fourth-order valence-electron chi connectivity index (χ4n) is 5.78. The van der Waals surface area contributed by atoms with E-state index in [-0.39, 0.29) is 11.1 Å². The topological polar surface area (TPSA) is 44.3 Å². The summed E-state index contributed by atoms with van der Waals surface area (Å²) in [5.74, 6) is 2.12. The van der Waals surface area contributed by atoms with E-state index < -0.39 is 0 Å². The lowest BCUT2D eigenvalue weighted by molar-refractivity contribution is -0.139. The third-order valence-electron chi connectivity index (χ3n) is 6.89. The summed E-state index contributed by atoms with van der Waals surface area (Å²) in [6.07, 6.45) is 5.72. The van der Waals surface area contributed by atoms with E-state index in [1.165, 1.54) is 18.4 Å². The minimum absolute atomic E-state index is 0.0488. The number of nitrogens with one attached hydrogen (secondary N) is 2. The van der Waals surface area contributed by atoms with Crippen LogP contribution in [0.2, 0.25) is 0 Å². The molecule has 0 spiro atoms. The van der Waals surface area contributed by atoms with Crippen LogP contribution in [0.5, 0.6) is 0 Å². The van der Waals surface area contributed by atoms with Gasteiger partial charge in [-0.25, -0.2) is 0 Å². The van der Waals surface area contributed by atoms with E-state index in [1.54, 1.807) is 0 Å². The summed E-state index contributed by atoms with van der Waals surface area (Å²) >= 11 is 0. The van der Waals surface area contributed by atoms with Gasteiger partial charge in [0.15, 0.2) is 0 Å². The molecule has 4 bridgehead atoms. The van der Waals surface area contributed by atoms with Crippen molar-refractivity contribution in [3.8, 4) is 0 Å². The molecule has 3 N–H and O–H groups in total. The Balaban J connectivity index is 1.47. The van der Waals surface area contributed by atoms with Gasteiger partial charge in [0.1, 0.15) is 0 Å². The van der Waals surface area contributed by atoms with Gasteiger partial charge in [-0.2, -0.15) is 0 Å².